The minimum Gasteiger partial charge on any atom is -0.279 e. The smallest absolute Gasteiger partial charge is 0.264 e. The van der Waals surface area contributed by atoms with Crippen molar-refractivity contribution in [1.29, 1.82) is 0 Å². The monoisotopic (exact) mass is 373 g/mol. The Bertz CT molecular complexity index is 1030. The van der Waals surface area contributed by atoms with Gasteiger partial charge in [0, 0.05) is 0 Å². The summed E-state index contributed by atoms with van der Waals surface area (Å²) in [5.41, 5.74) is 1.35. The standard InChI is InChI=1S/C19H16ClNO3S/c1-14-6-10-18(11-7-14)25(23,24)21(13-19(20)22)17-9-8-15-4-2-3-5-16(15)12-17/h2-12H,13H2,1H3. The van der Waals surface area contributed by atoms with Gasteiger partial charge in [0.1, 0.15) is 6.54 Å². The molecule has 25 heavy (non-hydrogen) atoms. The van der Waals surface area contributed by atoms with Gasteiger partial charge in [0.2, 0.25) is 5.24 Å². The molecule has 0 aliphatic carbocycles. The number of hydrogen-bond donors (Lipinski definition) is 0. The summed E-state index contributed by atoms with van der Waals surface area (Å²) >= 11 is 5.51. The van der Waals surface area contributed by atoms with E-state index in [2.05, 4.69) is 0 Å². The zero-order valence-electron chi connectivity index (χ0n) is 13.5. The van der Waals surface area contributed by atoms with Gasteiger partial charge in [0.25, 0.3) is 10.0 Å². The molecule has 0 N–H and O–H groups in total. The van der Waals surface area contributed by atoms with Crippen molar-refractivity contribution < 1.29 is 13.2 Å². The summed E-state index contributed by atoms with van der Waals surface area (Å²) in [7, 11) is -3.91. The molecule has 0 aromatic heterocycles. The maximum absolute atomic E-state index is 13.0. The summed E-state index contributed by atoms with van der Waals surface area (Å²) in [6.07, 6.45) is 0. The average molecular weight is 374 g/mol. The molecule has 0 heterocycles. The van der Waals surface area contributed by atoms with Gasteiger partial charge in [-0.25, -0.2) is 8.42 Å². The van der Waals surface area contributed by atoms with Crippen molar-refractivity contribution in [1.82, 2.24) is 0 Å². The molecule has 128 valence electrons. The molecule has 6 heteroatoms. The molecule has 0 saturated carbocycles. The molecule has 3 aromatic carbocycles. The van der Waals surface area contributed by atoms with Crippen molar-refractivity contribution in [3.8, 4) is 0 Å². The van der Waals surface area contributed by atoms with Crippen LogP contribution in [0.2, 0.25) is 0 Å². The Hall–Kier alpha value is -2.37. The van der Waals surface area contributed by atoms with Crippen LogP contribution in [0.4, 0.5) is 5.69 Å². The van der Waals surface area contributed by atoms with Gasteiger partial charge in [-0.15, -0.1) is 0 Å². The quantitative estimate of drug-likeness (QED) is 0.632. The molecule has 0 aliphatic rings. The predicted octanol–water partition coefficient (Wildman–Crippen LogP) is 4.11. The molecule has 3 rings (SSSR count). The highest BCUT2D eigenvalue weighted by molar-refractivity contribution is 7.92. The van der Waals surface area contributed by atoms with Crippen LogP contribution >= 0.6 is 11.6 Å². The van der Waals surface area contributed by atoms with Gasteiger partial charge < -0.3 is 0 Å². The average Bonchev–Trinajstić information content (AvgIpc) is 2.59. The van der Waals surface area contributed by atoms with E-state index in [1.54, 1.807) is 24.3 Å². The van der Waals surface area contributed by atoms with E-state index in [9.17, 15) is 13.2 Å². The van der Waals surface area contributed by atoms with Crippen molar-refractivity contribution >= 4 is 43.3 Å². The number of sulfonamides is 1. The van der Waals surface area contributed by atoms with E-state index in [4.69, 9.17) is 11.6 Å². The van der Waals surface area contributed by atoms with Crippen LogP contribution in [-0.4, -0.2) is 20.2 Å². The summed E-state index contributed by atoms with van der Waals surface area (Å²) in [6, 6.07) is 19.3. The van der Waals surface area contributed by atoms with Crippen molar-refractivity contribution in [2.45, 2.75) is 11.8 Å². The number of hydrogen-bond acceptors (Lipinski definition) is 3. The molecule has 0 amide bonds. The fourth-order valence-corrected chi connectivity index (χ4v) is 4.20. The third-order valence-corrected chi connectivity index (χ3v) is 5.81. The van der Waals surface area contributed by atoms with Crippen LogP contribution in [0.25, 0.3) is 10.8 Å². The number of carbonyl (C=O) groups is 1. The number of halogens is 1. The molecule has 0 spiro atoms. The molecule has 0 saturated heterocycles. The lowest BCUT2D eigenvalue weighted by Crippen LogP contribution is -2.34. The van der Waals surface area contributed by atoms with Gasteiger partial charge in [-0.3, -0.25) is 9.10 Å². The van der Waals surface area contributed by atoms with Crippen molar-refractivity contribution in [3.63, 3.8) is 0 Å². The lowest BCUT2D eigenvalue weighted by atomic mass is 10.1. The van der Waals surface area contributed by atoms with Gasteiger partial charge in [-0.1, -0.05) is 48.0 Å². The lowest BCUT2D eigenvalue weighted by Gasteiger charge is -2.23. The summed E-state index contributed by atoms with van der Waals surface area (Å²) in [5, 5.41) is 1.12. The van der Waals surface area contributed by atoms with Gasteiger partial charge in [0.05, 0.1) is 10.6 Å². The van der Waals surface area contributed by atoms with E-state index < -0.39 is 21.8 Å². The molecule has 0 unspecified atom stereocenters. The molecular weight excluding hydrogens is 358 g/mol. The lowest BCUT2D eigenvalue weighted by molar-refractivity contribution is -0.110. The number of carbonyl (C=O) groups excluding carboxylic acids is 1. The normalized spacial score (nSPS) is 11.4. The number of anilines is 1. The number of benzene rings is 3. The highest BCUT2D eigenvalue weighted by Gasteiger charge is 2.26. The Kier molecular flexibility index (Phi) is 4.79. The minimum absolute atomic E-state index is 0.115. The number of fused-ring (bicyclic) bond motifs is 1. The highest BCUT2D eigenvalue weighted by atomic mass is 35.5. The molecule has 4 nitrogen and oxygen atoms in total. The topological polar surface area (TPSA) is 54.5 Å². The fourth-order valence-electron chi connectivity index (χ4n) is 2.60. The third-order valence-electron chi connectivity index (χ3n) is 3.90. The van der Waals surface area contributed by atoms with Crippen molar-refractivity contribution in [2.24, 2.45) is 0 Å². The van der Waals surface area contributed by atoms with E-state index in [0.717, 1.165) is 20.6 Å². The van der Waals surface area contributed by atoms with Crippen LogP contribution in [0.15, 0.2) is 71.6 Å². The second-order valence-electron chi connectivity index (χ2n) is 5.71. The summed E-state index contributed by atoms with van der Waals surface area (Å²) in [6.45, 7) is 1.44. The number of aryl methyl sites for hydroxylation is 1. The first-order valence-electron chi connectivity index (χ1n) is 7.64. The van der Waals surface area contributed by atoms with E-state index in [1.807, 2.05) is 37.3 Å². The van der Waals surface area contributed by atoms with E-state index in [1.165, 1.54) is 12.1 Å². The van der Waals surface area contributed by atoms with Gasteiger partial charge in [0.15, 0.2) is 0 Å². The minimum atomic E-state index is -3.91. The largest absolute Gasteiger partial charge is 0.279 e. The summed E-state index contributed by atoms with van der Waals surface area (Å²) in [5.74, 6) is 0. The Labute approximate surface area is 151 Å². The second-order valence-corrected chi connectivity index (χ2v) is 8.00. The fraction of sp³-hybridized carbons (Fsp3) is 0.105. The Morgan fingerprint density at radius 1 is 0.960 bits per heavy atom. The van der Waals surface area contributed by atoms with Crippen LogP contribution in [0.3, 0.4) is 0 Å². The third kappa shape index (κ3) is 3.67. The molecule has 0 bridgehead atoms. The van der Waals surface area contributed by atoms with Crippen LogP contribution in [-0.2, 0) is 14.8 Å². The molecule has 3 aromatic rings. The molecule has 0 atom stereocenters. The maximum atomic E-state index is 13.0. The Balaban J connectivity index is 2.12. The molecular formula is C19H16ClNO3S. The first kappa shape index (κ1) is 17.5. The van der Waals surface area contributed by atoms with Gasteiger partial charge in [-0.05, 0) is 53.6 Å². The maximum Gasteiger partial charge on any atom is 0.264 e. The zero-order valence-corrected chi connectivity index (χ0v) is 15.1. The van der Waals surface area contributed by atoms with E-state index in [-0.39, 0.29) is 4.90 Å². The summed E-state index contributed by atoms with van der Waals surface area (Å²) in [4.78, 5) is 11.6. The Morgan fingerprint density at radius 2 is 1.60 bits per heavy atom. The first-order chi connectivity index (χ1) is 11.9. The second kappa shape index (κ2) is 6.86. The van der Waals surface area contributed by atoms with Crippen molar-refractivity contribution in [3.05, 3.63) is 72.3 Å². The molecule has 0 radical (unpaired) electrons. The Morgan fingerprint density at radius 3 is 2.24 bits per heavy atom. The van der Waals surface area contributed by atoms with E-state index >= 15 is 0 Å². The van der Waals surface area contributed by atoms with Crippen LogP contribution in [0.5, 0.6) is 0 Å². The molecule has 0 aliphatic heterocycles. The summed E-state index contributed by atoms with van der Waals surface area (Å²) < 4.78 is 27.1. The SMILES string of the molecule is Cc1ccc(S(=O)(=O)N(CC(=O)Cl)c2ccc3ccccc3c2)cc1. The highest BCUT2D eigenvalue weighted by Crippen LogP contribution is 2.27. The van der Waals surface area contributed by atoms with Gasteiger partial charge in [-0.2, -0.15) is 0 Å². The zero-order chi connectivity index (χ0) is 18.0. The first-order valence-corrected chi connectivity index (χ1v) is 9.46. The van der Waals surface area contributed by atoms with E-state index in [0.29, 0.717) is 5.69 Å². The van der Waals surface area contributed by atoms with Crippen LogP contribution in [0, 0.1) is 6.92 Å². The van der Waals surface area contributed by atoms with Gasteiger partial charge >= 0.3 is 0 Å². The predicted molar refractivity (Wildman–Crippen MR) is 101 cm³/mol. The number of nitrogens with zero attached hydrogens (tertiary/aromatic N) is 1. The van der Waals surface area contributed by atoms with Crippen LogP contribution in [0.1, 0.15) is 5.56 Å². The molecule has 0 fully saturated rings. The number of rotatable bonds is 5. The van der Waals surface area contributed by atoms with Crippen LogP contribution < -0.4 is 4.31 Å². The van der Waals surface area contributed by atoms with Crippen molar-refractivity contribution in [2.75, 3.05) is 10.8 Å².